The zero-order valence-electron chi connectivity index (χ0n) is 17.7. The average molecular weight is 436 g/mol. The van der Waals surface area contributed by atoms with Gasteiger partial charge in [-0.1, -0.05) is 0 Å². The van der Waals surface area contributed by atoms with Crippen molar-refractivity contribution in [3.63, 3.8) is 0 Å². The summed E-state index contributed by atoms with van der Waals surface area (Å²) in [5.41, 5.74) is 13.6. The lowest BCUT2D eigenvalue weighted by Crippen LogP contribution is -2.49. The van der Waals surface area contributed by atoms with Crippen LogP contribution in [0.1, 0.15) is 44.4 Å². The molecule has 0 aromatic carbocycles. The Balaban J connectivity index is 1.85. The number of hydrogen-bond acceptors (Lipinski definition) is 7. The number of anilines is 1. The summed E-state index contributed by atoms with van der Waals surface area (Å²) in [5.74, 6) is 0.252. The van der Waals surface area contributed by atoms with E-state index in [4.69, 9.17) is 28.5 Å². The quantitative estimate of drug-likeness (QED) is 0.290. The van der Waals surface area contributed by atoms with Crippen LogP contribution in [-0.4, -0.2) is 52.0 Å². The number of amides is 2. The fourth-order valence-electron chi connectivity index (χ4n) is 3.65. The van der Waals surface area contributed by atoms with Crippen molar-refractivity contribution < 1.29 is 9.59 Å². The predicted molar refractivity (Wildman–Crippen MR) is 117 cm³/mol. The summed E-state index contributed by atoms with van der Waals surface area (Å²) in [6.07, 6.45) is 4.37. The van der Waals surface area contributed by atoms with E-state index in [0.29, 0.717) is 24.8 Å². The Morgan fingerprint density at radius 3 is 2.53 bits per heavy atom. The predicted octanol–water partition coefficient (Wildman–Crippen LogP) is 1.58. The van der Waals surface area contributed by atoms with Crippen molar-refractivity contribution in [1.82, 2.24) is 20.2 Å². The standard InChI is InChI=1S/C20H30ClN7O2/c1-11(23)16(10-22)18(29)25-13(3)19(30)28-8-6-14(7-9-28)4-5-15-12(2)26-20(21)27-17(15)24/h10,13-14,22H,4-9,23H2,1-3H3,(H,25,29)(H2,24,26,27)/b16-11+,22-10?. The second kappa shape index (κ2) is 10.4. The minimum absolute atomic E-state index is 0.0640. The molecule has 9 nitrogen and oxygen atoms in total. The zero-order valence-corrected chi connectivity index (χ0v) is 18.4. The molecule has 2 heterocycles. The van der Waals surface area contributed by atoms with Crippen LogP contribution in [0.3, 0.4) is 0 Å². The van der Waals surface area contributed by atoms with E-state index in [2.05, 4.69) is 15.3 Å². The third kappa shape index (κ3) is 5.91. The smallest absolute Gasteiger partial charge is 0.255 e. The highest BCUT2D eigenvalue weighted by atomic mass is 35.5. The van der Waals surface area contributed by atoms with Crippen LogP contribution in [-0.2, 0) is 16.0 Å². The lowest BCUT2D eigenvalue weighted by molar-refractivity contribution is -0.136. The highest BCUT2D eigenvalue weighted by Gasteiger charge is 2.27. The number of piperidine rings is 1. The molecule has 1 fully saturated rings. The number of aryl methyl sites for hydroxylation is 1. The molecule has 6 N–H and O–H groups in total. The Labute approximate surface area is 181 Å². The summed E-state index contributed by atoms with van der Waals surface area (Å²) in [5, 5.41) is 10.1. The number of carbonyl (C=O) groups excluding carboxylic acids is 2. The first-order valence-corrected chi connectivity index (χ1v) is 10.4. The first-order chi connectivity index (χ1) is 14.1. The molecular weight excluding hydrogens is 406 g/mol. The summed E-state index contributed by atoms with van der Waals surface area (Å²) in [6, 6.07) is -0.683. The molecule has 1 aliphatic heterocycles. The number of rotatable bonds is 7. The van der Waals surface area contributed by atoms with E-state index < -0.39 is 11.9 Å². The average Bonchev–Trinajstić information content (AvgIpc) is 2.67. The summed E-state index contributed by atoms with van der Waals surface area (Å²) in [7, 11) is 0. The van der Waals surface area contributed by atoms with Crippen LogP contribution < -0.4 is 16.8 Å². The van der Waals surface area contributed by atoms with Crippen molar-refractivity contribution in [2.75, 3.05) is 18.8 Å². The van der Waals surface area contributed by atoms with E-state index in [1.807, 2.05) is 6.92 Å². The lowest BCUT2D eigenvalue weighted by atomic mass is 9.90. The van der Waals surface area contributed by atoms with Crippen LogP contribution in [0.25, 0.3) is 0 Å². The Morgan fingerprint density at radius 2 is 2.00 bits per heavy atom. The Bertz CT molecular complexity index is 821. The highest BCUT2D eigenvalue weighted by Crippen LogP contribution is 2.25. The molecule has 30 heavy (non-hydrogen) atoms. The molecule has 0 bridgehead atoms. The maximum absolute atomic E-state index is 12.7. The van der Waals surface area contributed by atoms with Crippen molar-refractivity contribution >= 4 is 35.4 Å². The first kappa shape index (κ1) is 23.6. The molecule has 1 aliphatic rings. The number of hydrogen-bond donors (Lipinski definition) is 4. The molecule has 2 rings (SSSR count). The van der Waals surface area contributed by atoms with Gasteiger partial charge in [-0.3, -0.25) is 9.59 Å². The summed E-state index contributed by atoms with van der Waals surface area (Å²) < 4.78 is 0. The molecule has 0 radical (unpaired) electrons. The van der Waals surface area contributed by atoms with Gasteiger partial charge in [0.15, 0.2) is 0 Å². The largest absolute Gasteiger partial charge is 0.402 e. The van der Waals surface area contributed by atoms with E-state index >= 15 is 0 Å². The monoisotopic (exact) mass is 435 g/mol. The normalized spacial score (nSPS) is 16.6. The molecule has 0 aliphatic carbocycles. The molecule has 1 saturated heterocycles. The molecule has 2 amide bonds. The summed E-state index contributed by atoms with van der Waals surface area (Å²) in [4.78, 5) is 34.8. The third-order valence-corrected chi connectivity index (χ3v) is 5.65. The third-order valence-electron chi connectivity index (χ3n) is 5.48. The molecule has 10 heteroatoms. The minimum Gasteiger partial charge on any atom is -0.402 e. The van der Waals surface area contributed by atoms with Gasteiger partial charge in [0.25, 0.3) is 5.91 Å². The van der Waals surface area contributed by atoms with Gasteiger partial charge in [-0.15, -0.1) is 0 Å². The fraction of sp³-hybridized carbons (Fsp3) is 0.550. The SMILES string of the molecule is C/C(N)=C(/C=N)C(=O)NC(C)C(=O)N1CCC(CCc2c(C)nc(Cl)nc2N)CC1. The van der Waals surface area contributed by atoms with Crippen molar-refractivity contribution in [2.24, 2.45) is 11.7 Å². The van der Waals surface area contributed by atoms with Gasteiger partial charge in [0, 0.05) is 36.3 Å². The topological polar surface area (TPSA) is 151 Å². The van der Waals surface area contributed by atoms with E-state index in [0.717, 1.165) is 43.2 Å². The molecule has 1 atom stereocenters. The number of halogens is 1. The van der Waals surface area contributed by atoms with E-state index in [-0.39, 0.29) is 22.5 Å². The number of nitrogens with zero attached hydrogens (tertiary/aromatic N) is 3. The Hall–Kier alpha value is -2.68. The van der Waals surface area contributed by atoms with Gasteiger partial charge in [-0.05, 0) is 64.0 Å². The number of aromatic nitrogens is 2. The van der Waals surface area contributed by atoms with Gasteiger partial charge in [0.2, 0.25) is 11.2 Å². The maximum atomic E-state index is 12.7. The first-order valence-electron chi connectivity index (χ1n) is 9.99. The molecule has 0 saturated carbocycles. The van der Waals surface area contributed by atoms with Gasteiger partial charge in [-0.25, -0.2) is 9.97 Å². The van der Waals surface area contributed by atoms with Gasteiger partial charge in [0.1, 0.15) is 11.9 Å². The van der Waals surface area contributed by atoms with Crippen LogP contribution in [0.4, 0.5) is 5.82 Å². The molecule has 1 aromatic rings. The number of likely N-dealkylation sites (tertiary alicyclic amines) is 1. The van der Waals surface area contributed by atoms with Crippen molar-refractivity contribution in [1.29, 1.82) is 5.41 Å². The van der Waals surface area contributed by atoms with Gasteiger partial charge >= 0.3 is 0 Å². The molecule has 1 aromatic heterocycles. The second-order valence-electron chi connectivity index (χ2n) is 7.69. The maximum Gasteiger partial charge on any atom is 0.255 e. The highest BCUT2D eigenvalue weighted by molar-refractivity contribution is 6.28. The molecular formula is C20H30ClN7O2. The van der Waals surface area contributed by atoms with Crippen LogP contribution in [0.2, 0.25) is 5.28 Å². The van der Waals surface area contributed by atoms with E-state index in [1.54, 1.807) is 18.7 Å². The number of nitrogen functional groups attached to an aromatic ring is 1. The molecule has 0 spiro atoms. The van der Waals surface area contributed by atoms with Gasteiger partial charge in [0.05, 0.1) is 5.57 Å². The second-order valence-corrected chi connectivity index (χ2v) is 8.02. The fourth-order valence-corrected chi connectivity index (χ4v) is 3.87. The van der Waals surface area contributed by atoms with Crippen molar-refractivity contribution in [3.05, 3.63) is 27.8 Å². The van der Waals surface area contributed by atoms with Crippen LogP contribution in [0.5, 0.6) is 0 Å². The van der Waals surface area contributed by atoms with Crippen molar-refractivity contribution in [2.45, 2.75) is 52.5 Å². The van der Waals surface area contributed by atoms with Gasteiger partial charge in [-0.2, -0.15) is 0 Å². The van der Waals surface area contributed by atoms with Crippen molar-refractivity contribution in [3.8, 4) is 0 Å². The van der Waals surface area contributed by atoms with E-state index in [1.165, 1.54) is 0 Å². The lowest BCUT2D eigenvalue weighted by Gasteiger charge is -2.34. The number of carbonyl (C=O) groups is 2. The Kier molecular flexibility index (Phi) is 8.16. The van der Waals surface area contributed by atoms with Crippen LogP contribution in [0, 0.1) is 18.3 Å². The van der Waals surface area contributed by atoms with Crippen LogP contribution >= 0.6 is 11.6 Å². The number of nitrogens with two attached hydrogens (primary N) is 2. The number of allylic oxidation sites excluding steroid dienone is 1. The molecule has 1 unspecified atom stereocenters. The summed E-state index contributed by atoms with van der Waals surface area (Å²) >= 11 is 5.83. The van der Waals surface area contributed by atoms with E-state index in [9.17, 15) is 9.59 Å². The zero-order chi connectivity index (χ0) is 22.4. The molecule has 164 valence electrons. The number of nitrogens with one attached hydrogen (secondary N) is 2. The minimum atomic E-state index is -0.683. The summed E-state index contributed by atoms with van der Waals surface area (Å²) in [6.45, 7) is 6.34. The Morgan fingerprint density at radius 1 is 1.37 bits per heavy atom. The van der Waals surface area contributed by atoms with Gasteiger partial charge < -0.3 is 27.1 Å². The van der Waals surface area contributed by atoms with Crippen LogP contribution in [0.15, 0.2) is 11.3 Å².